The van der Waals surface area contributed by atoms with Gasteiger partial charge in [0.2, 0.25) is 0 Å². The van der Waals surface area contributed by atoms with Crippen LogP contribution in [-0.2, 0) is 0 Å². The summed E-state index contributed by atoms with van der Waals surface area (Å²) < 4.78 is 0. The zero-order valence-corrected chi connectivity index (χ0v) is 4.67. The zero-order chi connectivity index (χ0) is 3.58. The third-order valence-corrected chi connectivity index (χ3v) is 0. The molecular formula is H15InNO9-. The molecule has 0 aromatic heterocycles. The Morgan fingerprint density at radius 1 is 0.727 bits per heavy atom. The van der Waals surface area contributed by atoms with Crippen molar-refractivity contribution < 1.29 is 37.9 Å². The standard InChI is InChI=1S/In.NO3.6H2O.3H/c;2-1(3)4;;;;;;;;;/h;;6*1H2;;;/q;-1;;;;;;;;;. The molecule has 12 N–H and O–H groups in total. The van der Waals surface area contributed by atoms with Gasteiger partial charge in [0.1, 0.15) is 0 Å². The second kappa shape index (κ2) is 95.7. The van der Waals surface area contributed by atoms with Gasteiger partial charge in [0, 0.05) is 0 Å². The minimum atomic E-state index is -1.75. The Balaban J connectivity index is -0.00000000214. The van der Waals surface area contributed by atoms with E-state index in [2.05, 4.69) is 0 Å². The number of hydrogen-bond donors (Lipinski definition) is 0. The van der Waals surface area contributed by atoms with Crippen molar-refractivity contribution in [1.29, 1.82) is 0 Å². The van der Waals surface area contributed by atoms with Crippen LogP contribution in [0.1, 0.15) is 0 Å². The molecule has 0 unspecified atom stereocenters. The van der Waals surface area contributed by atoms with E-state index < -0.39 is 5.09 Å². The molecule has 0 radical (unpaired) electrons. The van der Waals surface area contributed by atoms with E-state index in [-0.39, 0.29) is 58.7 Å². The first-order chi connectivity index (χ1) is 1.73. The Bertz CT molecular complexity index is 32.5. The SMILES string of the molecule is O.O.O.O.O.O.O=[N+]([O-])[O-].[InH3]. The molecule has 0 heterocycles. The Morgan fingerprint density at radius 2 is 0.727 bits per heavy atom. The first kappa shape index (κ1) is 131. The van der Waals surface area contributed by atoms with Gasteiger partial charge >= 0.3 is 25.8 Å². The Morgan fingerprint density at radius 3 is 0.727 bits per heavy atom. The summed E-state index contributed by atoms with van der Waals surface area (Å²) in [6, 6.07) is 0. The van der Waals surface area contributed by atoms with Crippen molar-refractivity contribution in [3.8, 4) is 0 Å². The number of nitrogens with zero attached hydrogens (tertiary/aromatic N) is 1. The average molecular weight is 288 g/mol. The summed E-state index contributed by atoms with van der Waals surface area (Å²) in [5, 5.41) is 14.8. The number of hydrogen-bond acceptors (Lipinski definition) is 3. The Labute approximate surface area is 79.6 Å². The van der Waals surface area contributed by atoms with Crippen LogP contribution in [-0.4, -0.2) is 63.8 Å². The second-order valence-corrected chi connectivity index (χ2v) is 0.224. The van der Waals surface area contributed by atoms with E-state index >= 15 is 0 Å². The van der Waals surface area contributed by atoms with Crippen LogP contribution in [0.2, 0.25) is 0 Å². The van der Waals surface area contributed by atoms with Crippen molar-refractivity contribution >= 4 is 25.8 Å². The third kappa shape index (κ3) is 20900. The van der Waals surface area contributed by atoms with Gasteiger partial charge in [-0.05, 0) is 0 Å². The summed E-state index contributed by atoms with van der Waals surface area (Å²) in [6.07, 6.45) is 0. The van der Waals surface area contributed by atoms with Gasteiger partial charge in [-0.15, -0.1) is 0 Å². The predicted octanol–water partition coefficient (Wildman–Crippen LogP) is -6.37. The van der Waals surface area contributed by atoms with Gasteiger partial charge in [0.05, 0.1) is 5.09 Å². The van der Waals surface area contributed by atoms with Crippen molar-refractivity contribution in [2.45, 2.75) is 0 Å². The van der Waals surface area contributed by atoms with E-state index in [4.69, 9.17) is 15.3 Å². The maximum atomic E-state index is 8.25. The summed E-state index contributed by atoms with van der Waals surface area (Å²) >= 11 is 0. The van der Waals surface area contributed by atoms with Gasteiger partial charge in [-0.2, -0.15) is 0 Å². The monoisotopic (exact) mass is 288 g/mol. The molecule has 0 saturated heterocycles. The molecule has 0 aromatic carbocycles. The molecule has 0 aliphatic rings. The normalized spacial score (nSPS) is 2.18. The van der Waals surface area contributed by atoms with Crippen LogP contribution >= 0.6 is 0 Å². The van der Waals surface area contributed by atoms with Gasteiger partial charge in [0.15, 0.2) is 0 Å². The zero-order valence-electron chi connectivity index (χ0n) is 4.67. The van der Waals surface area contributed by atoms with Crippen LogP contribution in [0.5, 0.6) is 0 Å². The molecule has 0 aromatic rings. The fraction of sp³-hybridized carbons (Fsp3) is 0. The van der Waals surface area contributed by atoms with Crippen molar-refractivity contribution in [2.75, 3.05) is 0 Å². The molecule has 11 heteroatoms. The third-order valence-electron chi connectivity index (χ3n) is 0. The Kier molecular flexibility index (Phi) is 1140. The molecule has 0 spiro atoms. The molecule has 0 atom stereocenters. The molecule has 0 bridgehead atoms. The predicted molar refractivity (Wildman–Crippen MR) is 42.0 cm³/mol. The van der Waals surface area contributed by atoms with Gasteiger partial charge in [0.25, 0.3) is 0 Å². The Hall–Kier alpha value is -0.170. The average Bonchev–Trinajstić information content (AvgIpc) is 0.811. The number of rotatable bonds is 0. The first-order valence-corrected chi connectivity index (χ1v) is 0.548. The molecule has 11 heavy (non-hydrogen) atoms. The topological polar surface area (TPSA) is 255 Å². The second-order valence-electron chi connectivity index (χ2n) is 0.224. The summed E-state index contributed by atoms with van der Waals surface area (Å²) in [4.78, 5) is 8.25. The molecular weight excluding hydrogens is 273 g/mol. The quantitative estimate of drug-likeness (QED) is 0.311. The van der Waals surface area contributed by atoms with Gasteiger partial charge in [-0.25, -0.2) is 0 Å². The molecule has 0 amide bonds. The maximum absolute atomic E-state index is 8.25. The summed E-state index contributed by atoms with van der Waals surface area (Å²) in [5.41, 5.74) is 0. The summed E-state index contributed by atoms with van der Waals surface area (Å²) in [7, 11) is 0. The molecule has 0 fully saturated rings. The van der Waals surface area contributed by atoms with Crippen molar-refractivity contribution in [2.24, 2.45) is 0 Å². The van der Waals surface area contributed by atoms with E-state index in [0.717, 1.165) is 0 Å². The molecule has 0 saturated carbocycles. The van der Waals surface area contributed by atoms with Crippen LogP contribution in [0, 0.1) is 15.3 Å². The van der Waals surface area contributed by atoms with E-state index in [9.17, 15) is 0 Å². The van der Waals surface area contributed by atoms with Crippen molar-refractivity contribution in [3.05, 3.63) is 15.3 Å². The fourth-order valence-corrected chi connectivity index (χ4v) is 0. The van der Waals surface area contributed by atoms with Crippen molar-refractivity contribution in [3.63, 3.8) is 0 Å². The van der Waals surface area contributed by atoms with E-state index in [1.165, 1.54) is 0 Å². The molecule has 0 aliphatic carbocycles. The summed E-state index contributed by atoms with van der Waals surface area (Å²) in [5.74, 6) is 0. The van der Waals surface area contributed by atoms with Crippen LogP contribution in [0.3, 0.4) is 0 Å². The molecule has 0 rings (SSSR count). The minimum absolute atomic E-state index is 0. The molecule has 10 nitrogen and oxygen atoms in total. The van der Waals surface area contributed by atoms with E-state index in [1.807, 2.05) is 0 Å². The van der Waals surface area contributed by atoms with Crippen LogP contribution in [0.25, 0.3) is 0 Å². The van der Waals surface area contributed by atoms with Gasteiger partial charge in [-0.3, -0.25) is 0 Å². The van der Waals surface area contributed by atoms with Crippen LogP contribution < -0.4 is 0 Å². The van der Waals surface area contributed by atoms with E-state index in [1.54, 1.807) is 0 Å². The molecule has 0 aliphatic heterocycles. The first-order valence-electron chi connectivity index (χ1n) is 0.548. The van der Waals surface area contributed by atoms with Gasteiger partial charge in [-0.1, -0.05) is 0 Å². The van der Waals surface area contributed by atoms with Crippen LogP contribution in [0.4, 0.5) is 0 Å². The van der Waals surface area contributed by atoms with Crippen LogP contribution in [0.15, 0.2) is 0 Å². The summed E-state index contributed by atoms with van der Waals surface area (Å²) in [6.45, 7) is 0. The fourth-order valence-electron chi connectivity index (χ4n) is 0. The van der Waals surface area contributed by atoms with Crippen molar-refractivity contribution in [1.82, 2.24) is 0 Å². The molecule has 78 valence electrons. The van der Waals surface area contributed by atoms with E-state index in [0.29, 0.717) is 0 Å². The van der Waals surface area contributed by atoms with Gasteiger partial charge < -0.3 is 48.2 Å².